The van der Waals surface area contributed by atoms with Crippen LogP contribution in [0.2, 0.25) is 0 Å². The average molecular weight is 276 g/mol. The second-order valence-corrected chi connectivity index (χ2v) is 3.81. The number of carbonyl (C=O) groups is 1. The molecule has 1 aromatic rings. The lowest BCUT2D eigenvalue weighted by Gasteiger charge is -2.15. The van der Waals surface area contributed by atoms with E-state index in [1.54, 1.807) is 24.1 Å². The number of rotatable bonds is 5. The fraction of sp³-hybridized carbons (Fsp3) is 0.500. The monoisotopic (exact) mass is 275 g/mol. The lowest BCUT2D eigenvalue weighted by atomic mass is 10.4. The highest BCUT2D eigenvalue weighted by molar-refractivity contribution is 9.10. The van der Waals surface area contributed by atoms with Gasteiger partial charge in [-0.3, -0.25) is 4.79 Å². The molecule has 0 aliphatic carbocycles. The minimum absolute atomic E-state index is 0.139. The van der Waals surface area contributed by atoms with Crippen LogP contribution in [0.25, 0.3) is 0 Å². The quantitative estimate of drug-likeness (QED) is 0.774. The molecule has 1 rings (SSSR count). The van der Waals surface area contributed by atoms with E-state index in [0.29, 0.717) is 30.2 Å². The van der Waals surface area contributed by atoms with E-state index in [9.17, 15) is 4.79 Å². The first-order valence-electron chi connectivity index (χ1n) is 4.73. The maximum atomic E-state index is 11.7. The van der Waals surface area contributed by atoms with Crippen molar-refractivity contribution in [2.75, 3.05) is 26.8 Å². The second kappa shape index (κ2) is 5.92. The van der Waals surface area contributed by atoms with Crippen LogP contribution in [0.3, 0.4) is 0 Å². The number of carbonyl (C=O) groups excluding carboxylic acids is 1. The molecule has 1 aromatic heterocycles. The van der Waals surface area contributed by atoms with Crippen LogP contribution in [-0.4, -0.2) is 37.6 Å². The number of nitrogens with zero attached hydrogens (tertiary/aromatic N) is 1. The lowest BCUT2D eigenvalue weighted by Crippen LogP contribution is -2.29. The van der Waals surface area contributed by atoms with E-state index in [0.717, 1.165) is 0 Å². The third-order valence-electron chi connectivity index (χ3n) is 1.91. The average Bonchev–Trinajstić information content (AvgIpc) is 2.64. The summed E-state index contributed by atoms with van der Waals surface area (Å²) in [7, 11) is 1.72. The predicted molar refractivity (Wildman–Crippen MR) is 59.9 cm³/mol. The number of hydrogen-bond acceptors (Lipinski definition) is 3. The third kappa shape index (κ3) is 3.68. The Bertz CT molecular complexity index is 324. The Labute approximate surface area is 97.3 Å². The van der Waals surface area contributed by atoms with Crippen molar-refractivity contribution in [3.8, 4) is 0 Å². The molecule has 0 aliphatic heterocycles. The summed E-state index contributed by atoms with van der Waals surface area (Å²) in [5.41, 5.74) is 0. The minimum Gasteiger partial charge on any atom is -0.444 e. The molecule has 0 saturated heterocycles. The van der Waals surface area contributed by atoms with Crippen LogP contribution < -0.4 is 0 Å². The summed E-state index contributed by atoms with van der Waals surface area (Å²) in [6.45, 7) is 3.69. The molecule has 0 atom stereocenters. The molecule has 0 aromatic carbocycles. The molecular formula is C10H14BrNO3. The Hall–Kier alpha value is -0.810. The van der Waals surface area contributed by atoms with Crippen molar-refractivity contribution in [3.63, 3.8) is 0 Å². The van der Waals surface area contributed by atoms with Crippen molar-refractivity contribution >= 4 is 21.8 Å². The van der Waals surface area contributed by atoms with Crippen LogP contribution in [-0.2, 0) is 4.74 Å². The van der Waals surface area contributed by atoms with Crippen LogP contribution in [0, 0.1) is 0 Å². The van der Waals surface area contributed by atoms with Gasteiger partial charge in [0.25, 0.3) is 5.91 Å². The minimum atomic E-state index is -0.139. The van der Waals surface area contributed by atoms with E-state index >= 15 is 0 Å². The molecule has 5 heteroatoms. The van der Waals surface area contributed by atoms with E-state index in [1.807, 2.05) is 6.92 Å². The molecule has 0 N–H and O–H groups in total. The Morgan fingerprint density at radius 1 is 1.60 bits per heavy atom. The SMILES string of the molecule is CCOCCN(C)C(=O)c1ccc(Br)o1. The summed E-state index contributed by atoms with van der Waals surface area (Å²) < 4.78 is 10.9. The zero-order valence-corrected chi connectivity index (χ0v) is 10.4. The first-order valence-corrected chi connectivity index (χ1v) is 5.53. The van der Waals surface area contributed by atoms with Crippen LogP contribution in [0.15, 0.2) is 21.2 Å². The summed E-state index contributed by atoms with van der Waals surface area (Å²) in [4.78, 5) is 13.3. The molecule has 15 heavy (non-hydrogen) atoms. The van der Waals surface area contributed by atoms with Gasteiger partial charge in [-0.25, -0.2) is 0 Å². The van der Waals surface area contributed by atoms with Gasteiger partial charge in [-0.15, -0.1) is 0 Å². The zero-order chi connectivity index (χ0) is 11.3. The highest BCUT2D eigenvalue weighted by Gasteiger charge is 2.14. The van der Waals surface area contributed by atoms with Crippen LogP contribution in [0.1, 0.15) is 17.5 Å². The van der Waals surface area contributed by atoms with Crippen LogP contribution in [0.4, 0.5) is 0 Å². The highest BCUT2D eigenvalue weighted by Crippen LogP contribution is 2.15. The first-order chi connectivity index (χ1) is 7.15. The smallest absolute Gasteiger partial charge is 0.289 e. The molecule has 1 amide bonds. The van der Waals surface area contributed by atoms with Gasteiger partial charge < -0.3 is 14.1 Å². The summed E-state index contributed by atoms with van der Waals surface area (Å²) >= 11 is 3.15. The third-order valence-corrected chi connectivity index (χ3v) is 2.33. The van der Waals surface area contributed by atoms with Gasteiger partial charge in [0.05, 0.1) is 6.61 Å². The van der Waals surface area contributed by atoms with Crippen molar-refractivity contribution in [2.45, 2.75) is 6.92 Å². The van der Waals surface area contributed by atoms with Gasteiger partial charge in [0.1, 0.15) is 0 Å². The molecule has 1 heterocycles. The molecule has 4 nitrogen and oxygen atoms in total. The largest absolute Gasteiger partial charge is 0.444 e. The Balaban J connectivity index is 2.46. The Morgan fingerprint density at radius 3 is 2.87 bits per heavy atom. The molecule has 0 saturated carbocycles. The van der Waals surface area contributed by atoms with Gasteiger partial charge in [0.2, 0.25) is 0 Å². The summed E-state index contributed by atoms with van der Waals surface area (Å²) in [6, 6.07) is 3.34. The predicted octanol–water partition coefficient (Wildman–Crippen LogP) is 2.15. The van der Waals surface area contributed by atoms with E-state index in [4.69, 9.17) is 9.15 Å². The summed E-state index contributed by atoms with van der Waals surface area (Å²) in [6.07, 6.45) is 0. The van der Waals surface area contributed by atoms with Crippen molar-refractivity contribution in [2.24, 2.45) is 0 Å². The standard InChI is InChI=1S/C10H14BrNO3/c1-3-14-7-6-12(2)10(13)8-4-5-9(11)15-8/h4-5H,3,6-7H2,1-2H3. The molecular weight excluding hydrogens is 262 g/mol. The summed E-state index contributed by atoms with van der Waals surface area (Å²) in [5, 5.41) is 0. The van der Waals surface area contributed by atoms with Crippen LogP contribution in [0.5, 0.6) is 0 Å². The van der Waals surface area contributed by atoms with Gasteiger partial charge in [-0.1, -0.05) is 0 Å². The number of amides is 1. The fourth-order valence-corrected chi connectivity index (χ4v) is 1.37. The van der Waals surface area contributed by atoms with Gasteiger partial charge in [-0.05, 0) is 35.0 Å². The van der Waals surface area contributed by atoms with Crippen LogP contribution >= 0.6 is 15.9 Å². The van der Waals surface area contributed by atoms with E-state index in [2.05, 4.69) is 15.9 Å². The topological polar surface area (TPSA) is 42.7 Å². The second-order valence-electron chi connectivity index (χ2n) is 3.03. The maximum absolute atomic E-state index is 11.7. The summed E-state index contributed by atoms with van der Waals surface area (Å²) in [5.74, 6) is 0.196. The van der Waals surface area contributed by atoms with Crippen molar-refractivity contribution < 1.29 is 13.9 Å². The molecule has 0 radical (unpaired) electrons. The number of furan rings is 1. The molecule has 0 aliphatic rings. The Kier molecular flexibility index (Phi) is 4.84. The first kappa shape index (κ1) is 12.3. The number of halogens is 1. The van der Waals surface area contributed by atoms with E-state index < -0.39 is 0 Å². The molecule has 0 spiro atoms. The van der Waals surface area contributed by atoms with Gasteiger partial charge in [-0.2, -0.15) is 0 Å². The molecule has 84 valence electrons. The van der Waals surface area contributed by atoms with Gasteiger partial charge >= 0.3 is 0 Å². The van der Waals surface area contributed by atoms with E-state index in [1.165, 1.54) is 0 Å². The molecule has 0 bridgehead atoms. The van der Waals surface area contributed by atoms with Crippen molar-refractivity contribution in [3.05, 3.63) is 22.6 Å². The van der Waals surface area contributed by atoms with E-state index in [-0.39, 0.29) is 5.91 Å². The van der Waals surface area contributed by atoms with Gasteiger partial charge in [0, 0.05) is 20.2 Å². The lowest BCUT2D eigenvalue weighted by molar-refractivity contribution is 0.0679. The van der Waals surface area contributed by atoms with Crippen molar-refractivity contribution in [1.29, 1.82) is 0 Å². The van der Waals surface area contributed by atoms with Gasteiger partial charge in [0.15, 0.2) is 10.4 Å². The highest BCUT2D eigenvalue weighted by atomic mass is 79.9. The zero-order valence-electron chi connectivity index (χ0n) is 8.83. The number of hydrogen-bond donors (Lipinski definition) is 0. The molecule has 0 unspecified atom stereocenters. The fourth-order valence-electron chi connectivity index (χ4n) is 1.06. The normalized spacial score (nSPS) is 10.3. The van der Waals surface area contributed by atoms with Crippen molar-refractivity contribution in [1.82, 2.24) is 4.90 Å². The number of ether oxygens (including phenoxy) is 1. The maximum Gasteiger partial charge on any atom is 0.289 e. The number of likely N-dealkylation sites (N-methyl/N-ethyl adjacent to an activating group) is 1. The Morgan fingerprint density at radius 2 is 2.33 bits per heavy atom. The molecule has 0 fully saturated rings.